The first kappa shape index (κ1) is 33.2. The summed E-state index contributed by atoms with van der Waals surface area (Å²) in [6, 6.07) is 7.71. The predicted molar refractivity (Wildman–Crippen MR) is 170 cm³/mol. The van der Waals surface area contributed by atoms with Gasteiger partial charge in [-0.25, -0.2) is 0 Å². The highest BCUT2D eigenvalue weighted by Gasteiger charge is 2.34. The molecule has 11 nitrogen and oxygen atoms in total. The molecule has 4 amide bonds. The van der Waals surface area contributed by atoms with Crippen LogP contribution in [0.2, 0.25) is 0 Å². The number of carbonyl (C=O) groups excluding carboxylic acids is 4. The minimum atomic E-state index is -0.684. The maximum absolute atomic E-state index is 13.7. The molecule has 240 valence electrons. The van der Waals surface area contributed by atoms with E-state index in [-0.39, 0.29) is 35.5 Å². The third kappa shape index (κ3) is 8.25. The molecule has 0 spiro atoms. The van der Waals surface area contributed by atoms with E-state index >= 15 is 0 Å². The summed E-state index contributed by atoms with van der Waals surface area (Å²) in [6.45, 7) is 11.3. The van der Waals surface area contributed by atoms with Gasteiger partial charge < -0.3 is 25.8 Å². The average Bonchev–Trinajstić information content (AvgIpc) is 3.52. The van der Waals surface area contributed by atoms with Crippen LogP contribution in [-0.2, 0) is 20.9 Å². The second-order valence-corrected chi connectivity index (χ2v) is 12.4. The van der Waals surface area contributed by atoms with Gasteiger partial charge in [0.1, 0.15) is 17.8 Å². The van der Waals surface area contributed by atoms with Crippen molar-refractivity contribution in [1.29, 1.82) is 0 Å². The Balaban J connectivity index is 1.47. The summed E-state index contributed by atoms with van der Waals surface area (Å²) in [5.41, 5.74) is 1.92. The van der Waals surface area contributed by atoms with Gasteiger partial charge in [-0.1, -0.05) is 45.7 Å². The molecule has 1 saturated heterocycles. The van der Waals surface area contributed by atoms with Crippen LogP contribution in [0.3, 0.4) is 0 Å². The molecule has 1 aliphatic carbocycles. The Bertz CT molecular complexity index is 1280. The van der Waals surface area contributed by atoms with Crippen LogP contribution in [0, 0.1) is 11.8 Å². The lowest BCUT2D eigenvalue weighted by molar-refractivity contribution is -0.138. The van der Waals surface area contributed by atoms with Gasteiger partial charge >= 0.3 is 0 Å². The molecule has 2 aliphatic rings. The summed E-state index contributed by atoms with van der Waals surface area (Å²) in [5, 5.41) is 13.2. The lowest BCUT2D eigenvalue weighted by Crippen LogP contribution is -2.55. The molecule has 0 radical (unpaired) electrons. The lowest BCUT2D eigenvalue weighted by atomic mass is 9.79. The van der Waals surface area contributed by atoms with E-state index < -0.39 is 12.1 Å². The van der Waals surface area contributed by atoms with Crippen LogP contribution in [0.4, 0.5) is 5.69 Å². The molecule has 1 saturated carbocycles. The second-order valence-electron chi connectivity index (χ2n) is 12.4. The van der Waals surface area contributed by atoms with E-state index in [2.05, 4.69) is 32.9 Å². The van der Waals surface area contributed by atoms with Gasteiger partial charge in [-0.15, -0.1) is 0 Å². The van der Waals surface area contributed by atoms with E-state index in [4.69, 9.17) is 0 Å². The molecular weight excluding hydrogens is 558 g/mol. The Morgan fingerprint density at radius 3 is 2.20 bits per heavy atom. The molecule has 0 unspecified atom stereocenters. The molecule has 2 aromatic rings. The summed E-state index contributed by atoms with van der Waals surface area (Å²) in [4.78, 5) is 56.8. The molecule has 2 fully saturated rings. The largest absolute Gasteiger partial charge is 0.344 e. The van der Waals surface area contributed by atoms with Crippen LogP contribution in [0.25, 0.3) is 0 Å². The summed E-state index contributed by atoms with van der Waals surface area (Å²) in [5.74, 6) is -0.430. The zero-order chi connectivity index (χ0) is 31.8. The minimum Gasteiger partial charge on any atom is -0.344 e. The number of carbonyl (C=O) groups is 4. The quantitative estimate of drug-likeness (QED) is 0.360. The third-order valence-corrected chi connectivity index (χ3v) is 9.27. The first-order chi connectivity index (χ1) is 21.1. The standard InChI is InChI=1S/C33H49N7O4/c1-6-28(41)36-29(33(44)39-20-18-38(5)19-21-39)23(4)24-12-14-26(15-13-24)35-32(43)30(25-10-8-22(3)9-11-25)37-31(42)27-16-17-34-40(27)7-2/h12-17,22-23,25,29-30H,6-11,18-21H2,1-5H3,(H,35,43)(H,36,41)(H,37,42)/t22?,23-,25?,29+,30-/m0/s1. The second kappa shape index (κ2) is 15.3. The summed E-state index contributed by atoms with van der Waals surface area (Å²) < 4.78 is 1.62. The number of aryl methyl sites for hydroxylation is 1. The van der Waals surface area contributed by atoms with Crippen LogP contribution in [0.5, 0.6) is 0 Å². The molecule has 1 aliphatic heterocycles. The van der Waals surface area contributed by atoms with Crippen LogP contribution in [0.15, 0.2) is 36.5 Å². The fourth-order valence-corrected chi connectivity index (χ4v) is 6.19. The van der Waals surface area contributed by atoms with Crippen molar-refractivity contribution in [1.82, 2.24) is 30.2 Å². The van der Waals surface area contributed by atoms with E-state index in [1.165, 1.54) is 0 Å². The fourth-order valence-electron chi connectivity index (χ4n) is 6.19. The van der Waals surface area contributed by atoms with Crippen molar-refractivity contribution < 1.29 is 19.2 Å². The van der Waals surface area contributed by atoms with Crippen LogP contribution in [0.1, 0.15) is 81.8 Å². The van der Waals surface area contributed by atoms with Crippen LogP contribution in [-0.4, -0.2) is 88.5 Å². The predicted octanol–water partition coefficient (Wildman–Crippen LogP) is 3.24. The Labute approximate surface area is 261 Å². The lowest BCUT2D eigenvalue weighted by Gasteiger charge is -2.36. The number of benzene rings is 1. The van der Waals surface area contributed by atoms with Gasteiger partial charge in [0.15, 0.2) is 0 Å². The Hall–Kier alpha value is -3.73. The number of hydrogen-bond donors (Lipinski definition) is 3. The monoisotopic (exact) mass is 607 g/mol. The van der Waals surface area contributed by atoms with Crippen molar-refractivity contribution in [2.24, 2.45) is 11.8 Å². The molecule has 4 rings (SSSR count). The normalized spacial score (nSPS) is 21.2. The summed E-state index contributed by atoms with van der Waals surface area (Å²) in [6.07, 6.45) is 5.67. The molecule has 0 bridgehead atoms. The van der Waals surface area contributed by atoms with E-state index in [9.17, 15) is 19.2 Å². The van der Waals surface area contributed by atoms with Gasteiger partial charge in [0.05, 0.1) is 0 Å². The molecule has 1 aromatic carbocycles. The number of piperazine rings is 1. The number of nitrogens with one attached hydrogen (secondary N) is 3. The third-order valence-electron chi connectivity index (χ3n) is 9.27. The topological polar surface area (TPSA) is 129 Å². The van der Waals surface area contributed by atoms with Crippen molar-refractivity contribution in [3.05, 3.63) is 47.8 Å². The summed E-state index contributed by atoms with van der Waals surface area (Å²) >= 11 is 0. The first-order valence-corrected chi connectivity index (χ1v) is 16.1. The number of aromatic nitrogens is 2. The van der Waals surface area contributed by atoms with Crippen LogP contribution >= 0.6 is 0 Å². The molecule has 2 heterocycles. The first-order valence-electron chi connectivity index (χ1n) is 16.1. The number of likely N-dealkylation sites (N-methyl/N-ethyl adjacent to an activating group) is 1. The molecule has 3 atom stereocenters. The highest BCUT2D eigenvalue weighted by Crippen LogP contribution is 2.31. The average molecular weight is 608 g/mol. The molecular formula is C33H49N7O4. The Kier molecular flexibility index (Phi) is 11.5. The number of nitrogens with zero attached hydrogens (tertiary/aromatic N) is 4. The molecule has 3 N–H and O–H groups in total. The number of hydrogen-bond acceptors (Lipinski definition) is 6. The van der Waals surface area contributed by atoms with Gasteiger partial charge in [0, 0.05) is 56.9 Å². The van der Waals surface area contributed by atoms with Crippen molar-refractivity contribution in [2.75, 3.05) is 38.5 Å². The highest BCUT2D eigenvalue weighted by molar-refractivity contribution is 6.00. The molecule has 44 heavy (non-hydrogen) atoms. The van der Waals surface area contributed by atoms with Crippen molar-refractivity contribution in [2.45, 2.75) is 84.3 Å². The van der Waals surface area contributed by atoms with Gasteiger partial charge in [0.2, 0.25) is 17.7 Å². The zero-order valence-corrected chi connectivity index (χ0v) is 26.8. The van der Waals surface area contributed by atoms with Gasteiger partial charge in [-0.2, -0.15) is 5.10 Å². The Morgan fingerprint density at radius 2 is 1.59 bits per heavy atom. The maximum Gasteiger partial charge on any atom is 0.270 e. The Morgan fingerprint density at radius 1 is 0.932 bits per heavy atom. The van der Waals surface area contributed by atoms with E-state index in [0.29, 0.717) is 43.4 Å². The zero-order valence-electron chi connectivity index (χ0n) is 26.8. The van der Waals surface area contributed by atoms with E-state index in [0.717, 1.165) is 44.3 Å². The van der Waals surface area contributed by atoms with Gasteiger partial charge in [-0.05, 0) is 62.4 Å². The minimum absolute atomic E-state index is 0.0379. The van der Waals surface area contributed by atoms with Crippen LogP contribution < -0.4 is 16.0 Å². The van der Waals surface area contributed by atoms with Crippen molar-refractivity contribution >= 4 is 29.3 Å². The van der Waals surface area contributed by atoms with Gasteiger partial charge in [-0.3, -0.25) is 23.9 Å². The van der Waals surface area contributed by atoms with Gasteiger partial charge in [0.25, 0.3) is 5.91 Å². The SMILES string of the molecule is CCC(=O)N[C@@H](C(=O)N1CCN(C)CC1)[C@@H](C)c1ccc(NC(=O)[C@@H](NC(=O)c2ccnn2CC)C2CCC(C)CC2)cc1. The number of rotatable bonds is 11. The smallest absolute Gasteiger partial charge is 0.270 e. The summed E-state index contributed by atoms with van der Waals surface area (Å²) in [7, 11) is 2.04. The molecule has 1 aromatic heterocycles. The molecule has 11 heteroatoms. The maximum atomic E-state index is 13.7. The van der Waals surface area contributed by atoms with Crippen molar-refractivity contribution in [3.63, 3.8) is 0 Å². The highest BCUT2D eigenvalue weighted by atomic mass is 16.2. The van der Waals surface area contributed by atoms with Crippen molar-refractivity contribution in [3.8, 4) is 0 Å². The fraction of sp³-hybridized carbons (Fsp3) is 0.606. The number of amides is 4. The number of anilines is 1. The van der Waals surface area contributed by atoms with E-state index in [1.54, 1.807) is 23.9 Å². The van der Waals surface area contributed by atoms with E-state index in [1.807, 2.05) is 50.1 Å².